The van der Waals surface area contributed by atoms with Crippen LogP contribution in [0.25, 0.3) is 0 Å². The minimum atomic E-state index is -4.75. The fourth-order valence-corrected chi connectivity index (χ4v) is 1.90. The second-order valence-electron chi connectivity index (χ2n) is 4.98. The van der Waals surface area contributed by atoms with Crippen LogP contribution in [-0.4, -0.2) is 54.6 Å². The number of nitrogens with two attached hydrogens (primary N) is 1. The molecular formula is C15H16F3N5O2. The molecule has 10 heteroatoms. The fourth-order valence-electron chi connectivity index (χ4n) is 1.90. The van der Waals surface area contributed by atoms with Gasteiger partial charge in [0.15, 0.2) is 5.84 Å². The van der Waals surface area contributed by atoms with Crippen LogP contribution in [0.5, 0.6) is 5.75 Å². The molecule has 0 aliphatic carbocycles. The molecule has 0 saturated carbocycles. The maximum absolute atomic E-state index is 12.2. The Morgan fingerprint density at radius 1 is 1.32 bits per heavy atom. The monoisotopic (exact) mass is 355 g/mol. The molecule has 1 aromatic rings. The standard InChI is InChI=1S/C15H16F3N5O2/c1-23(6-7-24)8-12-13(19)20-9-21-14(12)22-10-2-4-11(5-3-10)25-15(16,17)18/h2-5,8-9,24H,6-7H2,1H3,(H2,19,20,21,22)/b12-8+. The number of hydrogen-bond acceptors (Lipinski definition) is 6. The molecule has 7 nitrogen and oxygen atoms in total. The fraction of sp³-hybridized carbons (Fsp3) is 0.267. The molecule has 1 aliphatic heterocycles. The van der Waals surface area contributed by atoms with E-state index in [-0.39, 0.29) is 24.0 Å². The highest BCUT2D eigenvalue weighted by Gasteiger charge is 2.30. The average Bonchev–Trinajstić information content (AvgIpc) is 2.51. The van der Waals surface area contributed by atoms with E-state index in [1.165, 1.54) is 18.5 Å². The summed E-state index contributed by atoms with van der Waals surface area (Å²) in [6.45, 7) is 0.324. The number of hydrogen-bond donors (Lipinski definition) is 2. The molecule has 0 bridgehead atoms. The summed E-state index contributed by atoms with van der Waals surface area (Å²) in [7, 11) is 1.73. The molecular weight excluding hydrogens is 339 g/mol. The highest BCUT2D eigenvalue weighted by molar-refractivity contribution is 6.27. The molecule has 0 unspecified atom stereocenters. The van der Waals surface area contributed by atoms with Crippen LogP contribution >= 0.6 is 0 Å². The van der Waals surface area contributed by atoms with E-state index in [1.54, 1.807) is 18.1 Å². The number of aliphatic imine (C=N–C) groups is 3. The third-order valence-corrected chi connectivity index (χ3v) is 3.00. The number of halogens is 3. The van der Waals surface area contributed by atoms with Crippen LogP contribution in [0.3, 0.4) is 0 Å². The van der Waals surface area contributed by atoms with Crippen LogP contribution in [0, 0.1) is 0 Å². The number of aliphatic hydroxyl groups excluding tert-OH is 1. The van der Waals surface area contributed by atoms with Crippen LogP contribution in [0.15, 0.2) is 51.0 Å². The largest absolute Gasteiger partial charge is 0.573 e. The zero-order valence-corrected chi connectivity index (χ0v) is 13.2. The summed E-state index contributed by atoms with van der Waals surface area (Å²) in [6, 6.07) is 5.03. The van der Waals surface area contributed by atoms with Gasteiger partial charge in [-0.15, -0.1) is 13.2 Å². The maximum Gasteiger partial charge on any atom is 0.573 e. The van der Waals surface area contributed by atoms with E-state index in [0.717, 1.165) is 12.1 Å². The highest BCUT2D eigenvalue weighted by atomic mass is 19.4. The molecule has 0 radical (unpaired) electrons. The quantitative estimate of drug-likeness (QED) is 0.842. The predicted octanol–water partition coefficient (Wildman–Crippen LogP) is 1.82. The SMILES string of the molecule is CN(/C=C1\C(N)=NC=NC1=Nc1ccc(OC(F)(F)F)cc1)CCO. The third kappa shape index (κ3) is 5.60. The van der Waals surface area contributed by atoms with Gasteiger partial charge in [-0.05, 0) is 24.3 Å². The van der Waals surface area contributed by atoms with E-state index in [0.29, 0.717) is 17.8 Å². The molecule has 134 valence electrons. The van der Waals surface area contributed by atoms with Crippen molar-refractivity contribution in [2.75, 3.05) is 20.2 Å². The van der Waals surface area contributed by atoms with Gasteiger partial charge in [0, 0.05) is 19.8 Å². The maximum atomic E-state index is 12.2. The lowest BCUT2D eigenvalue weighted by atomic mass is 10.2. The number of aliphatic hydroxyl groups is 1. The molecule has 1 aromatic carbocycles. The van der Waals surface area contributed by atoms with Gasteiger partial charge in [0.2, 0.25) is 0 Å². The molecule has 0 saturated heterocycles. The number of amidine groups is 2. The van der Waals surface area contributed by atoms with Crippen molar-refractivity contribution in [3.8, 4) is 5.75 Å². The Morgan fingerprint density at radius 3 is 2.60 bits per heavy atom. The van der Waals surface area contributed by atoms with E-state index in [2.05, 4.69) is 19.7 Å². The molecule has 0 aromatic heterocycles. The summed E-state index contributed by atoms with van der Waals surface area (Å²) in [5.74, 6) is 0.0976. The van der Waals surface area contributed by atoms with Crippen molar-refractivity contribution >= 4 is 23.7 Å². The van der Waals surface area contributed by atoms with Gasteiger partial charge in [-0.25, -0.2) is 15.0 Å². The molecule has 2 rings (SSSR count). The lowest BCUT2D eigenvalue weighted by Crippen LogP contribution is -2.27. The lowest BCUT2D eigenvalue weighted by Gasteiger charge is -2.16. The van der Waals surface area contributed by atoms with E-state index in [9.17, 15) is 13.2 Å². The molecule has 1 heterocycles. The van der Waals surface area contributed by atoms with Crippen LogP contribution in [0.2, 0.25) is 0 Å². The van der Waals surface area contributed by atoms with Crippen LogP contribution in [-0.2, 0) is 0 Å². The summed E-state index contributed by atoms with van der Waals surface area (Å²) >= 11 is 0. The van der Waals surface area contributed by atoms with Gasteiger partial charge in [-0.3, -0.25) is 0 Å². The van der Waals surface area contributed by atoms with E-state index < -0.39 is 6.36 Å². The van der Waals surface area contributed by atoms with E-state index in [4.69, 9.17) is 10.8 Å². The molecule has 0 atom stereocenters. The Morgan fingerprint density at radius 2 is 2.00 bits per heavy atom. The first kappa shape index (κ1) is 18.5. The Bertz CT molecular complexity index is 724. The van der Waals surface area contributed by atoms with E-state index in [1.807, 2.05) is 0 Å². The van der Waals surface area contributed by atoms with Crippen molar-refractivity contribution < 1.29 is 23.0 Å². The molecule has 1 aliphatic rings. The lowest BCUT2D eigenvalue weighted by molar-refractivity contribution is -0.274. The van der Waals surface area contributed by atoms with Gasteiger partial charge in [0.25, 0.3) is 0 Å². The minimum Gasteiger partial charge on any atom is -0.406 e. The zero-order chi connectivity index (χ0) is 18.4. The minimum absolute atomic E-state index is 0.0479. The van der Waals surface area contributed by atoms with Crippen molar-refractivity contribution in [3.63, 3.8) is 0 Å². The topological polar surface area (TPSA) is 95.8 Å². The van der Waals surface area contributed by atoms with Gasteiger partial charge in [0.1, 0.15) is 17.9 Å². The summed E-state index contributed by atoms with van der Waals surface area (Å²) in [6.07, 6.45) is -1.89. The highest BCUT2D eigenvalue weighted by Crippen LogP contribution is 2.25. The van der Waals surface area contributed by atoms with Crippen molar-refractivity contribution in [1.29, 1.82) is 0 Å². The third-order valence-electron chi connectivity index (χ3n) is 3.00. The van der Waals surface area contributed by atoms with Crippen molar-refractivity contribution in [3.05, 3.63) is 36.0 Å². The first-order valence-corrected chi connectivity index (χ1v) is 7.12. The Kier molecular flexibility index (Phi) is 5.75. The smallest absolute Gasteiger partial charge is 0.406 e. The number of ether oxygens (including phenoxy) is 1. The van der Waals surface area contributed by atoms with Gasteiger partial charge in [0.05, 0.1) is 17.9 Å². The molecule has 0 amide bonds. The van der Waals surface area contributed by atoms with Crippen molar-refractivity contribution in [1.82, 2.24) is 4.90 Å². The molecule has 25 heavy (non-hydrogen) atoms. The zero-order valence-electron chi connectivity index (χ0n) is 13.2. The van der Waals surface area contributed by atoms with Crippen LogP contribution < -0.4 is 10.5 Å². The van der Waals surface area contributed by atoms with Gasteiger partial charge < -0.3 is 20.5 Å². The van der Waals surface area contributed by atoms with Gasteiger partial charge >= 0.3 is 6.36 Å². The summed E-state index contributed by atoms with van der Waals surface area (Å²) < 4.78 is 40.3. The first-order valence-electron chi connectivity index (χ1n) is 7.12. The molecule has 0 spiro atoms. The van der Waals surface area contributed by atoms with Crippen molar-refractivity contribution in [2.24, 2.45) is 20.7 Å². The van der Waals surface area contributed by atoms with Crippen LogP contribution in [0.4, 0.5) is 18.9 Å². The van der Waals surface area contributed by atoms with E-state index >= 15 is 0 Å². The van der Waals surface area contributed by atoms with Crippen LogP contribution in [0.1, 0.15) is 0 Å². The predicted molar refractivity (Wildman–Crippen MR) is 88.1 cm³/mol. The second-order valence-corrected chi connectivity index (χ2v) is 4.98. The summed E-state index contributed by atoms with van der Waals surface area (Å²) in [5, 5.41) is 8.96. The van der Waals surface area contributed by atoms with Gasteiger partial charge in [-0.2, -0.15) is 0 Å². The summed E-state index contributed by atoms with van der Waals surface area (Å²) in [5.41, 5.74) is 6.64. The number of benzene rings is 1. The average molecular weight is 355 g/mol. The van der Waals surface area contributed by atoms with Gasteiger partial charge in [-0.1, -0.05) is 0 Å². The Hall–Kier alpha value is -2.88. The normalized spacial score (nSPS) is 17.7. The number of nitrogens with zero attached hydrogens (tertiary/aromatic N) is 4. The number of alkyl halides is 3. The Labute approximate surface area is 141 Å². The Balaban J connectivity index is 2.25. The second kappa shape index (κ2) is 7.79. The number of rotatable bonds is 5. The summed E-state index contributed by atoms with van der Waals surface area (Å²) in [4.78, 5) is 13.9. The van der Waals surface area contributed by atoms with Crippen molar-refractivity contribution in [2.45, 2.75) is 6.36 Å². The molecule has 0 fully saturated rings. The first-order chi connectivity index (χ1) is 11.8. The molecule has 3 N–H and O–H groups in total. The number of likely N-dealkylation sites (N-methyl/N-ethyl adjacent to an activating group) is 1.